The number of ether oxygens (including phenoxy) is 3. The molecule has 0 bridgehead atoms. The molecular weight excluding hydrogens is 1160 g/mol. The summed E-state index contributed by atoms with van der Waals surface area (Å²) in [6.45, 7) is 5.84. The van der Waals surface area contributed by atoms with Crippen molar-refractivity contribution in [2.75, 3.05) is 13.2 Å². The predicted octanol–water partition coefficient (Wildman–Crippen LogP) is 21.9. The highest BCUT2D eigenvalue weighted by Crippen LogP contribution is 2.27. The van der Waals surface area contributed by atoms with Gasteiger partial charge in [0, 0.05) is 6.42 Å². The van der Waals surface area contributed by atoms with E-state index in [0.29, 0.717) is 19.3 Å². The first-order chi connectivity index (χ1) is 45.7. The average Bonchev–Trinajstić information content (AvgIpc) is 0.844. The van der Waals surface area contributed by atoms with Crippen LogP contribution in [0.25, 0.3) is 0 Å². The number of amides is 1. The molecule has 8 atom stereocenters. The molecule has 0 saturated carbocycles. The molecule has 8 unspecified atom stereocenters. The molecule has 6 N–H and O–H groups in total. The number of nitrogens with one attached hydrogen (secondary N) is 1. The van der Waals surface area contributed by atoms with Gasteiger partial charge in [-0.25, -0.2) is 0 Å². The van der Waals surface area contributed by atoms with Gasteiger partial charge in [0.2, 0.25) is 5.91 Å². The quantitative estimate of drug-likeness (QED) is 0.0195. The number of hydrogen-bond donors (Lipinski definition) is 6. The largest absolute Gasteiger partial charge is 0.454 e. The highest BCUT2D eigenvalue weighted by atomic mass is 16.7. The average molecular weight is 1310 g/mol. The summed E-state index contributed by atoms with van der Waals surface area (Å²) in [4.78, 5) is 26.8. The van der Waals surface area contributed by atoms with Crippen molar-refractivity contribution in [3.8, 4) is 0 Å². The lowest BCUT2D eigenvalue weighted by Crippen LogP contribution is -2.61. The Morgan fingerprint density at radius 2 is 0.742 bits per heavy atom. The molecule has 93 heavy (non-hydrogen) atoms. The maximum Gasteiger partial charge on any atom is 0.306 e. The van der Waals surface area contributed by atoms with Crippen LogP contribution >= 0.6 is 0 Å². The first-order valence-electron chi connectivity index (χ1n) is 40.4. The first kappa shape index (κ1) is 88.6. The number of aliphatic hydroxyl groups excluding tert-OH is 5. The third kappa shape index (κ3) is 56.2. The fourth-order valence-electron chi connectivity index (χ4n) is 12.9. The van der Waals surface area contributed by atoms with Gasteiger partial charge in [0.05, 0.1) is 25.4 Å². The van der Waals surface area contributed by atoms with Crippen LogP contribution in [0.3, 0.4) is 0 Å². The molecule has 0 spiro atoms. The zero-order valence-corrected chi connectivity index (χ0v) is 61.1. The number of aliphatic hydroxyl groups is 5. The zero-order valence-electron chi connectivity index (χ0n) is 61.1. The molecule has 1 amide bonds. The molecule has 11 nitrogen and oxygen atoms in total. The molecule has 1 aliphatic rings. The van der Waals surface area contributed by atoms with E-state index in [4.69, 9.17) is 14.2 Å². The Kier molecular flexibility index (Phi) is 66.3. The van der Waals surface area contributed by atoms with E-state index in [9.17, 15) is 35.1 Å². The van der Waals surface area contributed by atoms with Gasteiger partial charge in [-0.05, 0) is 83.5 Å². The molecule has 1 aliphatic heterocycles. The van der Waals surface area contributed by atoms with Crippen molar-refractivity contribution in [1.29, 1.82) is 0 Å². The van der Waals surface area contributed by atoms with Crippen molar-refractivity contribution >= 4 is 11.9 Å². The lowest BCUT2D eigenvalue weighted by molar-refractivity contribution is -0.305. The topological polar surface area (TPSA) is 175 Å². The summed E-state index contributed by atoms with van der Waals surface area (Å²) in [7, 11) is 0. The van der Waals surface area contributed by atoms with Crippen LogP contribution in [0, 0.1) is 0 Å². The normalized spacial score (nSPS) is 18.0. The number of esters is 1. The van der Waals surface area contributed by atoms with Crippen molar-refractivity contribution in [2.24, 2.45) is 0 Å². The molecule has 0 aromatic rings. The van der Waals surface area contributed by atoms with Crippen LogP contribution in [0.4, 0.5) is 0 Å². The van der Waals surface area contributed by atoms with Crippen LogP contribution in [-0.2, 0) is 23.8 Å². The van der Waals surface area contributed by atoms with Crippen LogP contribution in [0.1, 0.15) is 400 Å². The number of carbonyl (C=O) groups excluding carboxylic acids is 2. The number of hydrogen-bond acceptors (Lipinski definition) is 10. The maximum absolute atomic E-state index is 13.5. The highest BCUT2D eigenvalue weighted by Gasteiger charge is 2.47. The summed E-state index contributed by atoms with van der Waals surface area (Å²) >= 11 is 0. The Bertz CT molecular complexity index is 1700. The lowest BCUT2D eigenvalue weighted by atomic mass is 9.99. The van der Waals surface area contributed by atoms with E-state index in [-0.39, 0.29) is 13.0 Å². The van der Waals surface area contributed by atoms with E-state index in [1.54, 1.807) is 6.08 Å². The fourth-order valence-corrected chi connectivity index (χ4v) is 12.9. The summed E-state index contributed by atoms with van der Waals surface area (Å²) < 4.78 is 17.8. The lowest BCUT2D eigenvalue weighted by Gasteiger charge is -2.41. The SMILES string of the molecule is CCCCC/C=C\C/C=C\CCCCCCCCCCCCCCCCCCCC(=O)OC1C(OCC(NC(=O)C(O)CCCCCCCCCCCCCCCC/C=C/CCCCCCCC)C(O)/C=C/CCCCCCCCCCCCC)OC(CO)C(O)C1O. The van der Waals surface area contributed by atoms with Crippen molar-refractivity contribution in [3.05, 3.63) is 48.6 Å². The maximum atomic E-state index is 13.5. The number of allylic oxidation sites excluding steroid dienone is 7. The molecule has 1 saturated heterocycles. The second kappa shape index (κ2) is 69.5. The van der Waals surface area contributed by atoms with Gasteiger partial charge in [-0.2, -0.15) is 0 Å². The zero-order chi connectivity index (χ0) is 67.4. The van der Waals surface area contributed by atoms with Gasteiger partial charge >= 0.3 is 5.97 Å². The minimum atomic E-state index is -1.61. The van der Waals surface area contributed by atoms with E-state index < -0.39 is 67.4 Å². The standard InChI is InChI=1S/C82H153NO10/c1-4-7-10-13-16-19-22-25-27-29-31-33-35-37-38-39-41-43-45-47-49-52-55-58-61-64-67-70-77(87)93-80-79(89)78(88)76(71-84)92-82(80)91-72-73(74(85)68-65-62-59-56-53-50-24-21-18-15-12-9-6-3)83-81(90)75(86)69-66-63-60-57-54-51-48-46-44-42-40-36-34-32-30-28-26-23-20-17-14-11-8-5-2/h16,19,25-28,65,68,73-76,78-80,82,84-86,88-89H,4-15,17-18,20-24,29-64,66-67,69-72H2,1-3H3,(H,83,90)/b19-16-,27-25-,28-26+,68-65+. The summed E-state index contributed by atoms with van der Waals surface area (Å²) in [5.74, 6) is -1.17. The van der Waals surface area contributed by atoms with E-state index in [1.165, 1.54) is 289 Å². The minimum Gasteiger partial charge on any atom is -0.454 e. The molecule has 0 radical (unpaired) electrons. The summed E-state index contributed by atoms with van der Waals surface area (Å²) in [5, 5.41) is 57.5. The van der Waals surface area contributed by atoms with E-state index in [1.807, 2.05) is 6.08 Å². The number of rotatable bonds is 71. The molecule has 546 valence electrons. The second-order valence-corrected chi connectivity index (χ2v) is 28.1. The third-order valence-electron chi connectivity index (χ3n) is 19.2. The second-order valence-electron chi connectivity index (χ2n) is 28.1. The van der Waals surface area contributed by atoms with Crippen molar-refractivity contribution in [2.45, 2.75) is 449 Å². The van der Waals surface area contributed by atoms with Gasteiger partial charge in [-0.3, -0.25) is 9.59 Å². The van der Waals surface area contributed by atoms with Crippen molar-refractivity contribution in [1.82, 2.24) is 5.32 Å². The molecule has 0 aromatic heterocycles. The number of carbonyl (C=O) groups is 2. The summed E-state index contributed by atoms with van der Waals surface area (Å²) in [6, 6.07) is -1.02. The van der Waals surface area contributed by atoms with Gasteiger partial charge in [-0.1, -0.05) is 358 Å². The number of unbranched alkanes of at least 4 members (excludes halogenated alkanes) is 51. The molecule has 0 aliphatic carbocycles. The van der Waals surface area contributed by atoms with E-state index in [0.717, 1.165) is 64.2 Å². The predicted molar refractivity (Wildman–Crippen MR) is 394 cm³/mol. The molecule has 1 fully saturated rings. The summed E-state index contributed by atoms with van der Waals surface area (Å²) in [6.07, 6.45) is 78.8. The molecular formula is C82H153NO10. The van der Waals surface area contributed by atoms with Gasteiger partial charge in [0.1, 0.15) is 24.4 Å². The smallest absolute Gasteiger partial charge is 0.306 e. The van der Waals surface area contributed by atoms with Crippen molar-refractivity contribution in [3.63, 3.8) is 0 Å². The fraction of sp³-hybridized carbons (Fsp3) is 0.878. The summed E-state index contributed by atoms with van der Waals surface area (Å²) in [5.41, 5.74) is 0. The molecule has 1 rings (SSSR count). The van der Waals surface area contributed by atoms with Gasteiger partial charge in [-0.15, -0.1) is 0 Å². The van der Waals surface area contributed by atoms with Crippen LogP contribution in [0.5, 0.6) is 0 Å². The van der Waals surface area contributed by atoms with Crippen LogP contribution in [0.2, 0.25) is 0 Å². The Hall–Kier alpha value is -2.38. The molecule has 11 heteroatoms. The highest BCUT2D eigenvalue weighted by molar-refractivity contribution is 5.80. The Labute approximate surface area is 574 Å². The third-order valence-corrected chi connectivity index (χ3v) is 19.2. The molecule has 0 aromatic carbocycles. The monoisotopic (exact) mass is 1310 g/mol. The van der Waals surface area contributed by atoms with Crippen LogP contribution < -0.4 is 5.32 Å². The van der Waals surface area contributed by atoms with Gasteiger partial charge in [0.25, 0.3) is 0 Å². The Balaban J connectivity index is 2.49. The van der Waals surface area contributed by atoms with Crippen LogP contribution in [0.15, 0.2) is 48.6 Å². The van der Waals surface area contributed by atoms with E-state index >= 15 is 0 Å². The first-order valence-corrected chi connectivity index (χ1v) is 40.4. The van der Waals surface area contributed by atoms with E-state index in [2.05, 4.69) is 62.5 Å². The minimum absolute atomic E-state index is 0.127. The van der Waals surface area contributed by atoms with Gasteiger partial charge in [0.15, 0.2) is 12.4 Å². The van der Waals surface area contributed by atoms with Gasteiger partial charge < -0.3 is 45.1 Å². The molecule has 1 heterocycles. The Morgan fingerprint density at radius 3 is 1.13 bits per heavy atom. The van der Waals surface area contributed by atoms with Crippen LogP contribution in [-0.4, -0.2) is 99.6 Å². The Morgan fingerprint density at radius 1 is 0.419 bits per heavy atom. The van der Waals surface area contributed by atoms with Crippen molar-refractivity contribution < 1.29 is 49.3 Å².